The first-order valence-electron chi connectivity index (χ1n) is 5.39. The van der Waals surface area contributed by atoms with E-state index in [4.69, 9.17) is 4.42 Å². The standard InChI is InChI=1S/C14H18O/c1-9-6-10(2)11-8-13(14(3,4)5)15-12(11)7-9/h6-8H,1-5H3. The number of fused-ring (bicyclic) bond motifs is 1. The molecule has 0 spiro atoms. The molecule has 1 aromatic heterocycles. The van der Waals surface area contributed by atoms with Gasteiger partial charge < -0.3 is 4.42 Å². The highest BCUT2D eigenvalue weighted by Crippen LogP contribution is 2.31. The van der Waals surface area contributed by atoms with Crippen molar-refractivity contribution in [3.8, 4) is 0 Å². The lowest BCUT2D eigenvalue weighted by atomic mass is 9.93. The van der Waals surface area contributed by atoms with E-state index in [-0.39, 0.29) is 5.41 Å². The lowest BCUT2D eigenvalue weighted by Gasteiger charge is -2.13. The first kappa shape index (κ1) is 10.3. The molecule has 0 atom stereocenters. The van der Waals surface area contributed by atoms with Crippen molar-refractivity contribution in [1.82, 2.24) is 0 Å². The summed E-state index contributed by atoms with van der Waals surface area (Å²) in [6.45, 7) is 10.8. The Kier molecular flexibility index (Phi) is 2.14. The van der Waals surface area contributed by atoms with Crippen LogP contribution in [0.3, 0.4) is 0 Å². The van der Waals surface area contributed by atoms with Crippen LogP contribution in [0.5, 0.6) is 0 Å². The van der Waals surface area contributed by atoms with Crippen LogP contribution in [-0.2, 0) is 5.41 Å². The largest absolute Gasteiger partial charge is 0.461 e. The van der Waals surface area contributed by atoms with Gasteiger partial charge >= 0.3 is 0 Å². The van der Waals surface area contributed by atoms with E-state index >= 15 is 0 Å². The molecule has 1 heteroatoms. The van der Waals surface area contributed by atoms with Crippen molar-refractivity contribution >= 4 is 11.0 Å². The van der Waals surface area contributed by atoms with Crippen LogP contribution in [0.15, 0.2) is 22.6 Å². The van der Waals surface area contributed by atoms with Crippen molar-refractivity contribution in [1.29, 1.82) is 0 Å². The lowest BCUT2D eigenvalue weighted by molar-refractivity contribution is 0.430. The molecule has 1 nitrogen and oxygen atoms in total. The lowest BCUT2D eigenvalue weighted by Crippen LogP contribution is -2.08. The van der Waals surface area contributed by atoms with E-state index in [1.54, 1.807) is 0 Å². The molecule has 80 valence electrons. The zero-order valence-corrected chi connectivity index (χ0v) is 10.1. The SMILES string of the molecule is Cc1cc(C)c2cc(C(C)(C)C)oc2c1. The van der Waals surface area contributed by atoms with E-state index in [9.17, 15) is 0 Å². The van der Waals surface area contributed by atoms with Crippen molar-refractivity contribution in [3.05, 3.63) is 35.1 Å². The topological polar surface area (TPSA) is 13.1 Å². The van der Waals surface area contributed by atoms with Crippen LogP contribution in [0.1, 0.15) is 37.7 Å². The van der Waals surface area contributed by atoms with E-state index in [0.717, 1.165) is 11.3 Å². The van der Waals surface area contributed by atoms with Crippen LogP contribution in [0, 0.1) is 13.8 Å². The number of aryl methyl sites for hydroxylation is 2. The van der Waals surface area contributed by atoms with Gasteiger partial charge in [0.15, 0.2) is 0 Å². The molecule has 0 saturated heterocycles. The van der Waals surface area contributed by atoms with Gasteiger partial charge in [0.25, 0.3) is 0 Å². The second kappa shape index (κ2) is 3.13. The second-order valence-corrected chi connectivity index (χ2v) is 5.35. The summed E-state index contributed by atoms with van der Waals surface area (Å²) in [6.07, 6.45) is 0. The van der Waals surface area contributed by atoms with Crippen LogP contribution < -0.4 is 0 Å². The van der Waals surface area contributed by atoms with Crippen molar-refractivity contribution < 1.29 is 4.42 Å². The van der Waals surface area contributed by atoms with Gasteiger partial charge in [-0.3, -0.25) is 0 Å². The monoisotopic (exact) mass is 202 g/mol. The zero-order chi connectivity index (χ0) is 11.2. The summed E-state index contributed by atoms with van der Waals surface area (Å²) in [5.74, 6) is 1.06. The summed E-state index contributed by atoms with van der Waals surface area (Å²) < 4.78 is 5.89. The molecule has 2 rings (SSSR count). The normalized spacial score (nSPS) is 12.3. The molecule has 0 radical (unpaired) electrons. The predicted molar refractivity (Wildman–Crippen MR) is 64.4 cm³/mol. The molecule has 0 unspecified atom stereocenters. The van der Waals surface area contributed by atoms with Crippen molar-refractivity contribution in [3.63, 3.8) is 0 Å². The minimum Gasteiger partial charge on any atom is -0.461 e. The van der Waals surface area contributed by atoms with E-state index in [0.29, 0.717) is 0 Å². The van der Waals surface area contributed by atoms with Crippen LogP contribution in [0.25, 0.3) is 11.0 Å². The minimum atomic E-state index is 0.0827. The molecule has 0 saturated carbocycles. The van der Waals surface area contributed by atoms with Gasteiger partial charge in [0, 0.05) is 10.8 Å². The molecular formula is C14H18O. The highest BCUT2D eigenvalue weighted by atomic mass is 16.3. The van der Waals surface area contributed by atoms with Gasteiger partial charge in [-0.25, -0.2) is 0 Å². The summed E-state index contributed by atoms with van der Waals surface area (Å²) in [6, 6.07) is 6.48. The summed E-state index contributed by atoms with van der Waals surface area (Å²) in [4.78, 5) is 0. The second-order valence-electron chi connectivity index (χ2n) is 5.35. The van der Waals surface area contributed by atoms with E-state index < -0.39 is 0 Å². The van der Waals surface area contributed by atoms with Crippen molar-refractivity contribution in [2.24, 2.45) is 0 Å². The molecule has 0 amide bonds. The third-order valence-electron chi connectivity index (χ3n) is 2.73. The minimum absolute atomic E-state index is 0.0827. The summed E-state index contributed by atoms with van der Waals surface area (Å²) >= 11 is 0. The third kappa shape index (κ3) is 1.79. The van der Waals surface area contributed by atoms with Gasteiger partial charge in [0.05, 0.1) is 0 Å². The molecule has 0 N–H and O–H groups in total. The Morgan fingerprint density at radius 1 is 1.00 bits per heavy atom. The summed E-state index contributed by atoms with van der Waals surface area (Å²) in [7, 11) is 0. The van der Waals surface area contributed by atoms with E-state index in [1.807, 2.05) is 0 Å². The average Bonchev–Trinajstić information content (AvgIpc) is 2.46. The van der Waals surface area contributed by atoms with Crippen LogP contribution in [0.4, 0.5) is 0 Å². The van der Waals surface area contributed by atoms with Crippen LogP contribution in [0.2, 0.25) is 0 Å². The Morgan fingerprint density at radius 2 is 1.67 bits per heavy atom. The Labute approximate surface area is 91.1 Å². The molecule has 0 aliphatic heterocycles. The highest BCUT2D eigenvalue weighted by molar-refractivity contribution is 5.82. The van der Waals surface area contributed by atoms with Crippen molar-refractivity contribution in [2.45, 2.75) is 40.0 Å². The van der Waals surface area contributed by atoms with Gasteiger partial charge in [-0.05, 0) is 37.1 Å². The first-order valence-corrected chi connectivity index (χ1v) is 5.39. The molecule has 0 fully saturated rings. The van der Waals surface area contributed by atoms with Gasteiger partial charge in [0.2, 0.25) is 0 Å². The van der Waals surface area contributed by atoms with Crippen LogP contribution in [-0.4, -0.2) is 0 Å². The van der Waals surface area contributed by atoms with Gasteiger partial charge in [-0.2, -0.15) is 0 Å². The fourth-order valence-corrected chi connectivity index (χ4v) is 1.86. The predicted octanol–water partition coefficient (Wildman–Crippen LogP) is 4.35. The van der Waals surface area contributed by atoms with E-state index in [1.165, 1.54) is 16.5 Å². The van der Waals surface area contributed by atoms with Crippen LogP contribution >= 0.6 is 0 Å². The smallest absolute Gasteiger partial charge is 0.134 e. The molecule has 0 aliphatic carbocycles. The Morgan fingerprint density at radius 3 is 2.27 bits per heavy atom. The summed E-state index contributed by atoms with van der Waals surface area (Å²) in [5, 5.41) is 1.24. The highest BCUT2D eigenvalue weighted by Gasteiger charge is 2.19. The number of benzene rings is 1. The molecule has 2 aromatic rings. The number of furan rings is 1. The maximum atomic E-state index is 5.89. The molecular weight excluding hydrogens is 184 g/mol. The van der Waals surface area contributed by atoms with Crippen molar-refractivity contribution in [2.75, 3.05) is 0 Å². The maximum absolute atomic E-state index is 5.89. The van der Waals surface area contributed by atoms with E-state index in [2.05, 4.69) is 52.8 Å². The molecule has 1 heterocycles. The summed E-state index contributed by atoms with van der Waals surface area (Å²) in [5.41, 5.74) is 3.65. The third-order valence-corrected chi connectivity index (χ3v) is 2.73. The molecule has 0 bridgehead atoms. The quantitative estimate of drug-likeness (QED) is 0.619. The molecule has 1 aromatic carbocycles. The Hall–Kier alpha value is -1.24. The van der Waals surface area contributed by atoms with Gasteiger partial charge in [0.1, 0.15) is 11.3 Å². The number of hydrogen-bond donors (Lipinski definition) is 0. The number of hydrogen-bond acceptors (Lipinski definition) is 1. The average molecular weight is 202 g/mol. The fourth-order valence-electron chi connectivity index (χ4n) is 1.86. The fraction of sp³-hybridized carbons (Fsp3) is 0.429. The van der Waals surface area contributed by atoms with Gasteiger partial charge in [-0.1, -0.05) is 26.8 Å². The zero-order valence-electron chi connectivity index (χ0n) is 10.1. The molecule has 15 heavy (non-hydrogen) atoms. The molecule has 0 aliphatic rings. The maximum Gasteiger partial charge on any atom is 0.134 e. The number of rotatable bonds is 0. The Balaban J connectivity index is 2.71. The first-order chi connectivity index (χ1) is 6.88. The van der Waals surface area contributed by atoms with Gasteiger partial charge in [-0.15, -0.1) is 0 Å². The Bertz CT molecular complexity index is 498.